The Bertz CT molecular complexity index is 283. The lowest BCUT2D eigenvalue weighted by Gasteiger charge is -2.35. The summed E-state index contributed by atoms with van der Waals surface area (Å²) < 4.78 is 0. The molecule has 0 aromatic carbocycles. The maximum atomic E-state index is 12.0. The molecule has 0 bridgehead atoms. The van der Waals surface area contributed by atoms with Crippen molar-refractivity contribution in [2.75, 3.05) is 20.1 Å². The lowest BCUT2D eigenvalue weighted by molar-refractivity contribution is -0.138. The summed E-state index contributed by atoms with van der Waals surface area (Å²) in [7, 11) is 1.80. The van der Waals surface area contributed by atoms with Crippen molar-refractivity contribution >= 4 is 12.0 Å². The van der Waals surface area contributed by atoms with E-state index in [1.54, 1.807) is 11.9 Å². The maximum Gasteiger partial charge on any atom is 0.319 e. The van der Waals surface area contributed by atoms with Gasteiger partial charge in [0.2, 0.25) is 0 Å². The molecule has 0 saturated carbocycles. The Labute approximate surface area is 102 Å². The van der Waals surface area contributed by atoms with Gasteiger partial charge in [0.25, 0.3) is 0 Å². The fourth-order valence-electron chi connectivity index (χ4n) is 2.02. The first-order valence-electron chi connectivity index (χ1n) is 6.15. The number of carboxylic acids is 1. The molecule has 0 spiro atoms. The first-order chi connectivity index (χ1) is 7.91. The van der Waals surface area contributed by atoms with Gasteiger partial charge in [-0.25, -0.2) is 4.79 Å². The number of urea groups is 1. The largest absolute Gasteiger partial charge is 0.481 e. The van der Waals surface area contributed by atoms with E-state index < -0.39 is 5.97 Å². The van der Waals surface area contributed by atoms with Crippen molar-refractivity contribution in [1.29, 1.82) is 0 Å². The van der Waals surface area contributed by atoms with Gasteiger partial charge in [0.1, 0.15) is 0 Å². The Hall–Kier alpha value is -1.26. The van der Waals surface area contributed by atoms with Crippen LogP contribution in [0.15, 0.2) is 0 Å². The molecule has 5 heteroatoms. The molecule has 0 unspecified atom stereocenters. The van der Waals surface area contributed by atoms with Crippen LogP contribution in [-0.2, 0) is 4.79 Å². The van der Waals surface area contributed by atoms with E-state index in [-0.39, 0.29) is 24.4 Å². The van der Waals surface area contributed by atoms with Crippen LogP contribution in [0.5, 0.6) is 0 Å². The van der Waals surface area contributed by atoms with Gasteiger partial charge in [-0.05, 0) is 32.6 Å². The minimum atomic E-state index is -0.742. The van der Waals surface area contributed by atoms with E-state index >= 15 is 0 Å². The molecule has 1 rings (SSSR count). The topological polar surface area (TPSA) is 60.9 Å². The molecule has 1 fully saturated rings. The van der Waals surface area contributed by atoms with Crippen LogP contribution in [0.25, 0.3) is 0 Å². The lowest BCUT2D eigenvalue weighted by atomic mass is 9.94. The minimum absolute atomic E-state index is 0.0498. The average molecular weight is 242 g/mol. The number of amides is 2. The van der Waals surface area contributed by atoms with E-state index in [4.69, 9.17) is 5.11 Å². The third kappa shape index (κ3) is 3.91. The molecule has 98 valence electrons. The summed E-state index contributed by atoms with van der Waals surface area (Å²) in [6, 6.07) is 0.244. The fourth-order valence-corrected chi connectivity index (χ4v) is 2.02. The molecular formula is C12H22N2O3. The predicted molar refractivity (Wildman–Crippen MR) is 64.8 cm³/mol. The molecule has 1 heterocycles. The van der Waals surface area contributed by atoms with Crippen molar-refractivity contribution in [2.24, 2.45) is 5.92 Å². The first-order valence-corrected chi connectivity index (χ1v) is 6.15. The first kappa shape index (κ1) is 13.8. The molecule has 1 aliphatic rings. The number of hydrogen-bond donors (Lipinski definition) is 1. The highest BCUT2D eigenvalue weighted by Crippen LogP contribution is 2.21. The van der Waals surface area contributed by atoms with Crippen LogP contribution in [-0.4, -0.2) is 53.1 Å². The second-order valence-electron chi connectivity index (χ2n) is 5.02. The second kappa shape index (κ2) is 5.89. The molecule has 0 radical (unpaired) electrons. The normalized spacial score (nSPS) is 17.3. The molecule has 1 aliphatic heterocycles. The maximum absolute atomic E-state index is 12.0. The molecule has 1 saturated heterocycles. The number of carbonyl (C=O) groups excluding carboxylic acids is 1. The fraction of sp³-hybridized carbons (Fsp3) is 0.833. The van der Waals surface area contributed by atoms with Crippen LogP contribution in [0.1, 0.15) is 33.1 Å². The van der Waals surface area contributed by atoms with Crippen LogP contribution in [0.2, 0.25) is 0 Å². The average Bonchev–Trinajstić information content (AvgIpc) is 2.27. The Kier molecular flexibility index (Phi) is 4.78. The Morgan fingerprint density at radius 3 is 2.29 bits per heavy atom. The SMILES string of the molecule is CC(C)N(C)C(=O)N1CCC(CC(=O)O)CC1. The number of aliphatic carboxylic acids is 1. The molecule has 2 amide bonds. The third-order valence-electron chi connectivity index (χ3n) is 3.42. The van der Waals surface area contributed by atoms with E-state index in [2.05, 4.69) is 0 Å². The van der Waals surface area contributed by atoms with Crippen molar-refractivity contribution in [1.82, 2.24) is 9.80 Å². The van der Waals surface area contributed by atoms with Crippen molar-refractivity contribution in [3.8, 4) is 0 Å². The number of carboxylic acid groups (broad SMARTS) is 1. The third-order valence-corrected chi connectivity index (χ3v) is 3.42. The van der Waals surface area contributed by atoms with Crippen molar-refractivity contribution in [2.45, 2.75) is 39.2 Å². The highest BCUT2D eigenvalue weighted by Gasteiger charge is 2.26. The van der Waals surface area contributed by atoms with E-state index in [0.717, 1.165) is 12.8 Å². The zero-order valence-electron chi connectivity index (χ0n) is 10.8. The Morgan fingerprint density at radius 2 is 1.88 bits per heavy atom. The highest BCUT2D eigenvalue weighted by atomic mass is 16.4. The Balaban J connectivity index is 2.41. The molecule has 5 nitrogen and oxygen atoms in total. The summed E-state index contributed by atoms with van der Waals surface area (Å²) in [5.74, 6) is -0.519. The minimum Gasteiger partial charge on any atom is -0.481 e. The number of nitrogens with zero attached hydrogens (tertiary/aromatic N) is 2. The number of likely N-dealkylation sites (tertiary alicyclic amines) is 1. The van der Waals surface area contributed by atoms with Crippen LogP contribution in [0.3, 0.4) is 0 Å². The monoisotopic (exact) mass is 242 g/mol. The quantitative estimate of drug-likeness (QED) is 0.818. The number of carbonyl (C=O) groups is 2. The Morgan fingerprint density at radius 1 is 1.35 bits per heavy atom. The van der Waals surface area contributed by atoms with Crippen LogP contribution in [0.4, 0.5) is 4.79 Å². The molecule has 0 aliphatic carbocycles. The van der Waals surface area contributed by atoms with E-state index in [0.29, 0.717) is 13.1 Å². The summed E-state index contributed by atoms with van der Waals surface area (Å²) in [4.78, 5) is 26.1. The summed E-state index contributed by atoms with van der Waals surface area (Å²) in [5, 5.41) is 8.71. The van der Waals surface area contributed by atoms with E-state index in [1.165, 1.54) is 0 Å². The summed E-state index contributed by atoms with van der Waals surface area (Å²) in [6.07, 6.45) is 1.82. The summed E-state index contributed by atoms with van der Waals surface area (Å²) in [5.41, 5.74) is 0. The van der Waals surface area contributed by atoms with E-state index in [1.807, 2.05) is 18.7 Å². The summed E-state index contributed by atoms with van der Waals surface area (Å²) in [6.45, 7) is 5.31. The van der Waals surface area contributed by atoms with E-state index in [9.17, 15) is 9.59 Å². The van der Waals surface area contributed by atoms with Crippen LogP contribution >= 0.6 is 0 Å². The van der Waals surface area contributed by atoms with Crippen molar-refractivity contribution in [3.63, 3.8) is 0 Å². The number of rotatable bonds is 3. The zero-order valence-corrected chi connectivity index (χ0v) is 10.8. The second-order valence-corrected chi connectivity index (χ2v) is 5.02. The van der Waals surface area contributed by atoms with Gasteiger partial charge >= 0.3 is 12.0 Å². The number of piperidine rings is 1. The van der Waals surface area contributed by atoms with Crippen LogP contribution in [0, 0.1) is 5.92 Å². The molecular weight excluding hydrogens is 220 g/mol. The van der Waals surface area contributed by atoms with Gasteiger partial charge in [-0.3, -0.25) is 4.79 Å². The van der Waals surface area contributed by atoms with Crippen LogP contribution < -0.4 is 0 Å². The highest BCUT2D eigenvalue weighted by molar-refractivity contribution is 5.74. The van der Waals surface area contributed by atoms with Gasteiger partial charge < -0.3 is 14.9 Å². The molecule has 1 N–H and O–H groups in total. The summed E-state index contributed by atoms with van der Waals surface area (Å²) >= 11 is 0. The van der Waals surface area contributed by atoms with Gasteiger partial charge in [-0.15, -0.1) is 0 Å². The zero-order chi connectivity index (χ0) is 13.0. The molecule has 0 aromatic heterocycles. The lowest BCUT2D eigenvalue weighted by Crippen LogP contribution is -2.47. The van der Waals surface area contributed by atoms with Crippen molar-refractivity contribution < 1.29 is 14.7 Å². The molecule has 0 atom stereocenters. The smallest absolute Gasteiger partial charge is 0.319 e. The van der Waals surface area contributed by atoms with Gasteiger partial charge in [0.15, 0.2) is 0 Å². The van der Waals surface area contributed by atoms with Crippen molar-refractivity contribution in [3.05, 3.63) is 0 Å². The van der Waals surface area contributed by atoms with Gasteiger partial charge in [0, 0.05) is 32.6 Å². The predicted octanol–water partition coefficient (Wildman–Crippen LogP) is 1.63. The molecule has 0 aromatic rings. The van der Waals surface area contributed by atoms with Gasteiger partial charge in [-0.2, -0.15) is 0 Å². The van der Waals surface area contributed by atoms with Gasteiger partial charge in [-0.1, -0.05) is 0 Å². The van der Waals surface area contributed by atoms with Gasteiger partial charge in [0.05, 0.1) is 0 Å². The number of hydrogen-bond acceptors (Lipinski definition) is 2. The standard InChI is InChI=1S/C12H22N2O3/c1-9(2)13(3)12(17)14-6-4-10(5-7-14)8-11(15)16/h9-10H,4-8H2,1-3H3,(H,15,16). The molecule has 17 heavy (non-hydrogen) atoms.